The number of rotatable bonds is 2. The third-order valence-electron chi connectivity index (χ3n) is 4.44. The van der Waals surface area contributed by atoms with Crippen molar-refractivity contribution >= 4 is 11.3 Å². The molecule has 2 unspecified atom stereocenters. The molecule has 3 rings (SSSR count). The number of thiazole rings is 1. The fourth-order valence-corrected chi connectivity index (χ4v) is 4.39. The van der Waals surface area contributed by atoms with Gasteiger partial charge in [-0.15, -0.1) is 11.3 Å². The van der Waals surface area contributed by atoms with E-state index in [-0.39, 0.29) is 17.7 Å². The molecule has 1 saturated heterocycles. The fraction of sp³-hybridized carbons (Fsp3) is 0.800. The van der Waals surface area contributed by atoms with Crippen molar-refractivity contribution in [2.75, 3.05) is 26.2 Å². The van der Waals surface area contributed by atoms with Gasteiger partial charge in [-0.1, -0.05) is 0 Å². The van der Waals surface area contributed by atoms with Crippen LogP contribution in [0.25, 0.3) is 0 Å². The Kier molecular flexibility index (Phi) is 3.88. The molecule has 0 spiro atoms. The first-order chi connectivity index (χ1) is 9.48. The van der Waals surface area contributed by atoms with Crippen LogP contribution in [0.2, 0.25) is 0 Å². The highest BCUT2D eigenvalue weighted by molar-refractivity contribution is 7.12. The van der Waals surface area contributed by atoms with E-state index in [0.29, 0.717) is 0 Å². The van der Waals surface area contributed by atoms with Gasteiger partial charge in [0.2, 0.25) is 0 Å². The molecule has 0 amide bonds. The van der Waals surface area contributed by atoms with Crippen molar-refractivity contribution in [3.05, 3.63) is 15.6 Å². The lowest BCUT2D eigenvalue weighted by molar-refractivity contribution is -0.00324. The first-order valence-corrected chi connectivity index (χ1v) is 8.41. The predicted molar refractivity (Wildman–Crippen MR) is 82.2 cm³/mol. The van der Waals surface area contributed by atoms with Crippen LogP contribution in [0.5, 0.6) is 0 Å². The Labute approximate surface area is 125 Å². The van der Waals surface area contributed by atoms with Crippen LogP contribution in [0.1, 0.15) is 49.4 Å². The maximum absolute atomic E-state index is 5.93. The molecule has 0 bridgehead atoms. The van der Waals surface area contributed by atoms with Gasteiger partial charge in [0.15, 0.2) is 0 Å². The van der Waals surface area contributed by atoms with Crippen molar-refractivity contribution < 1.29 is 4.74 Å². The molecular weight excluding hydrogens is 270 g/mol. The third-order valence-corrected chi connectivity index (χ3v) is 6.02. The number of fused-ring (bicyclic) bond motifs is 1. The number of ether oxygens (including phenoxy) is 1. The minimum atomic E-state index is 0.0209. The predicted octanol–water partition coefficient (Wildman–Crippen LogP) is 2.31. The van der Waals surface area contributed by atoms with E-state index in [1.807, 2.05) is 11.3 Å². The Morgan fingerprint density at radius 3 is 2.70 bits per heavy atom. The molecule has 4 nitrogen and oxygen atoms in total. The van der Waals surface area contributed by atoms with E-state index >= 15 is 0 Å². The quantitative estimate of drug-likeness (QED) is 0.908. The second kappa shape index (κ2) is 5.37. The zero-order chi connectivity index (χ0) is 14.3. The van der Waals surface area contributed by atoms with Gasteiger partial charge < -0.3 is 10.1 Å². The summed E-state index contributed by atoms with van der Waals surface area (Å²) < 4.78 is 5.93. The highest BCUT2D eigenvalue weighted by Gasteiger charge is 2.35. The Balaban J connectivity index is 1.88. The number of aromatic nitrogens is 1. The average molecular weight is 295 g/mol. The summed E-state index contributed by atoms with van der Waals surface area (Å²) in [7, 11) is 0. The lowest BCUT2D eigenvalue weighted by Gasteiger charge is -2.39. The van der Waals surface area contributed by atoms with Crippen molar-refractivity contribution in [1.29, 1.82) is 0 Å². The molecule has 112 valence electrons. The van der Waals surface area contributed by atoms with Gasteiger partial charge in [-0.05, 0) is 27.7 Å². The Hall–Kier alpha value is -0.490. The number of nitrogens with one attached hydrogen (secondary N) is 1. The second-order valence-electron chi connectivity index (χ2n) is 6.42. The van der Waals surface area contributed by atoms with E-state index < -0.39 is 0 Å². The molecule has 1 aromatic rings. The topological polar surface area (TPSA) is 37.4 Å². The Morgan fingerprint density at radius 1 is 1.30 bits per heavy atom. The second-order valence-corrected chi connectivity index (χ2v) is 7.45. The normalized spacial score (nSPS) is 28.4. The maximum atomic E-state index is 5.93. The first kappa shape index (κ1) is 14.4. The van der Waals surface area contributed by atoms with E-state index in [9.17, 15) is 0 Å². The molecule has 0 saturated carbocycles. The summed E-state index contributed by atoms with van der Waals surface area (Å²) in [5.41, 5.74) is 1.28. The molecule has 3 heterocycles. The number of piperazine rings is 1. The lowest BCUT2D eigenvalue weighted by atomic mass is 10.0. The minimum Gasteiger partial charge on any atom is -0.370 e. The monoisotopic (exact) mass is 295 g/mol. The van der Waals surface area contributed by atoms with Gasteiger partial charge in [0.05, 0.1) is 28.3 Å². The molecule has 20 heavy (non-hydrogen) atoms. The van der Waals surface area contributed by atoms with Crippen LogP contribution in [0, 0.1) is 0 Å². The SMILES string of the molecule is CC1Cc2nc(C(C)(C)N3CCNCC3)sc2C(C)O1. The van der Waals surface area contributed by atoms with Crippen LogP contribution in [-0.2, 0) is 16.7 Å². The molecule has 2 aliphatic rings. The average Bonchev–Trinajstić information content (AvgIpc) is 2.84. The largest absolute Gasteiger partial charge is 0.370 e. The molecule has 0 aromatic carbocycles. The van der Waals surface area contributed by atoms with E-state index in [0.717, 1.165) is 32.6 Å². The van der Waals surface area contributed by atoms with Crippen LogP contribution in [0.15, 0.2) is 0 Å². The van der Waals surface area contributed by atoms with E-state index in [1.54, 1.807) is 0 Å². The van der Waals surface area contributed by atoms with E-state index in [4.69, 9.17) is 9.72 Å². The summed E-state index contributed by atoms with van der Waals surface area (Å²) >= 11 is 1.85. The van der Waals surface area contributed by atoms with E-state index in [1.165, 1.54) is 15.6 Å². The number of hydrogen-bond acceptors (Lipinski definition) is 5. The zero-order valence-corrected chi connectivity index (χ0v) is 13.7. The standard InChI is InChI=1S/C15H25N3OS/c1-10-9-12-13(11(2)19-10)20-14(17-12)15(3,4)18-7-5-16-6-8-18/h10-11,16H,5-9H2,1-4H3. The number of nitrogens with zero attached hydrogens (tertiary/aromatic N) is 2. The molecule has 2 atom stereocenters. The number of hydrogen-bond donors (Lipinski definition) is 1. The highest BCUT2D eigenvalue weighted by atomic mass is 32.1. The van der Waals surface area contributed by atoms with Crippen molar-refractivity contribution in [2.45, 2.75) is 51.9 Å². The smallest absolute Gasteiger partial charge is 0.113 e. The summed E-state index contributed by atoms with van der Waals surface area (Å²) in [4.78, 5) is 8.85. The molecule has 0 radical (unpaired) electrons. The van der Waals surface area contributed by atoms with Gasteiger partial charge in [-0.2, -0.15) is 0 Å². The molecule has 1 N–H and O–H groups in total. The molecule has 1 fully saturated rings. The minimum absolute atomic E-state index is 0.0209. The zero-order valence-electron chi connectivity index (χ0n) is 12.9. The highest BCUT2D eigenvalue weighted by Crippen LogP contribution is 2.39. The molecule has 2 aliphatic heterocycles. The van der Waals surface area contributed by atoms with Crippen molar-refractivity contribution in [2.24, 2.45) is 0 Å². The Bertz CT molecular complexity index is 479. The molecular formula is C15H25N3OS. The maximum Gasteiger partial charge on any atom is 0.113 e. The summed E-state index contributed by atoms with van der Waals surface area (Å²) in [5.74, 6) is 0. The van der Waals surface area contributed by atoms with Gasteiger partial charge in [0, 0.05) is 32.6 Å². The van der Waals surface area contributed by atoms with Crippen LogP contribution in [0.3, 0.4) is 0 Å². The lowest BCUT2D eigenvalue weighted by Crippen LogP contribution is -2.51. The fourth-order valence-electron chi connectivity index (χ4n) is 3.18. The van der Waals surface area contributed by atoms with Gasteiger partial charge >= 0.3 is 0 Å². The Morgan fingerprint density at radius 2 is 2.00 bits per heavy atom. The van der Waals surface area contributed by atoms with Crippen LogP contribution >= 0.6 is 11.3 Å². The third kappa shape index (κ3) is 2.52. The van der Waals surface area contributed by atoms with Crippen molar-refractivity contribution in [3.8, 4) is 0 Å². The van der Waals surface area contributed by atoms with Gasteiger partial charge in [0.1, 0.15) is 5.01 Å². The summed E-state index contributed by atoms with van der Waals surface area (Å²) in [6, 6.07) is 0. The van der Waals surface area contributed by atoms with Crippen molar-refractivity contribution in [1.82, 2.24) is 15.2 Å². The summed E-state index contributed by atoms with van der Waals surface area (Å²) in [6.07, 6.45) is 1.43. The summed E-state index contributed by atoms with van der Waals surface area (Å²) in [6.45, 7) is 13.2. The van der Waals surface area contributed by atoms with Gasteiger partial charge in [-0.25, -0.2) is 4.98 Å². The molecule has 0 aliphatic carbocycles. The van der Waals surface area contributed by atoms with Gasteiger partial charge in [-0.3, -0.25) is 4.90 Å². The van der Waals surface area contributed by atoms with Gasteiger partial charge in [0.25, 0.3) is 0 Å². The van der Waals surface area contributed by atoms with Crippen molar-refractivity contribution in [3.63, 3.8) is 0 Å². The molecule has 5 heteroatoms. The van der Waals surface area contributed by atoms with Crippen LogP contribution in [0.4, 0.5) is 0 Å². The van der Waals surface area contributed by atoms with Crippen LogP contribution < -0.4 is 5.32 Å². The summed E-state index contributed by atoms with van der Waals surface area (Å²) in [5, 5.41) is 4.67. The first-order valence-electron chi connectivity index (χ1n) is 7.60. The van der Waals surface area contributed by atoms with E-state index in [2.05, 4.69) is 37.9 Å². The van der Waals surface area contributed by atoms with Crippen LogP contribution in [-0.4, -0.2) is 42.2 Å². The molecule has 1 aromatic heterocycles.